The van der Waals surface area contributed by atoms with Crippen molar-refractivity contribution in [3.8, 4) is 0 Å². The fourth-order valence-corrected chi connectivity index (χ4v) is 3.64. The number of hydrogen-bond donors (Lipinski definition) is 1. The molecule has 0 aromatic heterocycles. The maximum Gasteiger partial charge on any atom is 0.220 e. The highest BCUT2D eigenvalue weighted by molar-refractivity contribution is 5.77. The van der Waals surface area contributed by atoms with Crippen LogP contribution in [0.4, 0.5) is 0 Å². The van der Waals surface area contributed by atoms with Gasteiger partial charge >= 0.3 is 0 Å². The van der Waals surface area contributed by atoms with Crippen LogP contribution in [-0.4, -0.2) is 12.5 Å². The van der Waals surface area contributed by atoms with E-state index in [1.165, 1.54) is 5.56 Å². The maximum atomic E-state index is 11.8. The first-order valence-electron chi connectivity index (χ1n) is 8.17. The van der Waals surface area contributed by atoms with Crippen molar-refractivity contribution in [3.63, 3.8) is 0 Å². The minimum absolute atomic E-state index is 0.133. The molecule has 2 aromatic carbocycles. The SMILES string of the molecule is CC(c1ccccc1)C1(c2ccccc2)CC(C(N)=O)CCO1. The zero-order valence-electron chi connectivity index (χ0n) is 13.4. The normalized spacial score (nSPS) is 25.7. The van der Waals surface area contributed by atoms with Crippen LogP contribution in [0.3, 0.4) is 0 Å². The maximum absolute atomic E-state index is 11.8. The molecule has 1 aliphatic rings. The third-order valence-corrected chi connectivity index (χ3v) is 5.04. The molecule has 0 radical (unpaired) electrons. The van der Waals surface area contributed by atoms with Gasteiger partial charge in [-0.05, 0) is 24.0 Å². The summed E-state index contributed by atoms with van der Waals surface area (Å²) in [6, 6.07) is 20.5. The summed E-state index contributed by atoms with van der Waals surface area (Å²) in [7, 11) is 0. The molecular formula is C20H23NO2. The monoisotopic (exact) mass is 309 g/mol. The van der Waals surface area contributed by atoms with E-state index in [2.05, 4.69) is 31.2 Å². The van der Waals surface area contributed by atoms with Gasteiger partial charge in [-0.3, -0.25) is 4.79 Å². The number of carbonyl (C=O) groups is 1. The summed E-state index contributed by atoms with van der Waals surface area (Å²) in [4.78, 5) is 11.8. The lowest BCUT2D eigenvalue weighted by molar-refractivity contribution is -0.142. The molecule has 1 aliphatic heterocycles. The van der Waals surface area contributed by atoms with Gasteiger partial charge in [0, 0.05) is 18.4 Å². The van der Waals surface area contributed by atoms with E-state index in [9.17, 15) is 4.79 Å². The molecule has 0 spiro atoms. The number of ether oxygens (including phenoxy) is 1. The summed E-state index contributed by atoms with van der Waals surface area (Å²) in [6.07, 6.45) is 1.33. The smallest absolute Gasteiger partial charge is 0.220 e. The third kappa shape index (κ3) is 3.02. The largest absolute Gasteiger partial charge is 0.370 e. The molecule has 3 atom stereocenters. The average Bonchev–Trinajstić information content (AvgIpc) is 2.62. The van der Waals surface area contributed by atoms with E-state index in [4.69, 9.17) is 10.5 Å². The minimum Gasteiger partial charge on any atom is -0.370 e. The Morgan fingerprint density at radius 2 is 1.74 bits per heavy atom. The number of hydrogen-bond acceptors (Lipinski definition) is 2. The van der Waals surface area contributed by atoms with E-state index in [-0.39, 0.29) is 17.7 Å². The van der Waals surface area contributed by atoms with Gasteiger partial charge in [-0.1, -0.05) is 67.6 Å². The van der Waals surface area contributed by atoms with E-state index < -0.39 is 5.60 Å². The quantitative estimate of drug-likeness (QED) is 0.938. The van der Waals surface area contributed by atoms with Gasteiger partial charge in [0.05, 0.1) is 0 Å². The van der Waals surface area contributed by atoms with Crippen molar-refractivity contribution in [1.82, 2.24) is 0 Å². The summed E-state index contributed by atoms with van der Waals surface area (Å²) in [5, 5.41) is 0. The van der Waals surface area contributed by atoms with Gasteiger partial charge in [0.1, 0.15) is 5.60 Å². The van der Waals surface area contributed by atoms with Crippen LogP contribution < -0.4 is 5.73 Å². The second kappa shape index (κ2) is 6.55. The second-order valence-corrected chi connectivity index (χ2v) is 6.33. The first kappa shape index (κ1) is 15.8. The first-order chi connectivity index (χ1) is 11.1. The van der Waals surface area contributed by atoms with Crippen LogP contribution in [-0.2, 0) is 15.1 Å². The number of nitrogens with two attached hydrogens (primary N) is 1. The Bertz CT molecular complexity index is 656. The molecular weight excluding hydrogens is 286 g/mol. The highest BCUT2D eigenvalue weighted by Crippen LogP contribution is 2.47. The number of benzene rings is 2. The van der Waals surface area contributed by atoms with Gasteiger partial charge in [0.25, 0.3) is 0 Å². The zero-order chi connectivity index (χ0) is 16.3. The molecule has 0 saturated carbocycles. The number of amides is 1. The van der Waals surface area contributed by atoms with Crippen molar-refractivity contribution >= 4 is 5.91 Å². The Kier molecular flexibility index (Phi) is 4.49. The average molecular weight is 309 g/mol. The van der Waals surface area contributed by atoms with Crippen LogP contribution >= 0.6 is 0 Å². The lowest BCUT2D eigenvalue weighted by Crippen LogP contribution is -2.44. The van der Waals surface area contributed by atoms with Crippen LogP contribution in [0.15, 0.2) is 60.7 Å². The molecule has 120 valence electrons. The first-order valence-corrected chi connectivity index (χ1v) is 8.17. The van der Waals surface area contributed by atoms with Crippen LogP contribution in [0, 0.1) is 5.92 Å². The van der Waals surface area contributed by atoms with Crippen molar-refractivity contribution < 1.29 is 9.53 Å². The Hall–Kier alpha value is -2.13. The van der Waals surface area contributed by atoms with Crippen LogP contribution in [0.5, 0.6) is 0 Å². The molecule has 1 heterocycles. The molecule has 3 heteroatoms. The molecule has 1 fully saturated rings. The molecule has 23 heavy (non-hydrogen) atoms. The van der Waals surface area contributed by atoms with Gasteiger partial charge < -0.3 is 10.5 Å². The number of rotatable bonds is 4. The van der Waals surface area contributed by atoms with Gasteiger partial charge in [-0.15, -0.1) is 0 Å². The zero-order valence-corrected chi connectivity index (χ0v) is 13.4. The highest BCUT2D eigenvalue weighted by Gasteiger charge is 2.45. The molecule has 2 N–H and O–H groups in total. The summed E-state index contributed by atoms with van der Waals surface area (Å²) in [6.45, 7) is 2.73. The Balaban J connectivity index is 2.05. The summed E-state index contributed by atoms with van der Waals surface area (Å²) in [5.41, 5.74) is 7.42. The van der Waals surface area contributed by atoms with Gasteiger partial charge in [0.2, 0.25) is 5.91 Å². The van der Waals surface area contributed by atoms with Crippen LogP contribution in [0.2, 0.25) is 0 Å². The van der Waals surface area contributed by atoms with E-state index in [1.54, 1.807) is 0 Å². The van der Waals surface area contributed by atoms with E-state index in [0.29, 0.717) is 19.4 Å². The van der Waals surface area contributed by atoms with Crippen molar-refractivity contribution in [3.05, 3.63) is 71.8 Å². The fourth-order valence-electron chi connectivity index (χ4n) is 3.64. The predicted molar refractivity (Wildman–Crippen MR) is 90.8 cm³/mol. The van der Waals surface area contributed by atoms with Crippen molar-refractivity contribution in [2.45, 2.75) is 31.3 Å². The molecule has 3 nitrogen and oxygen atoms in total. The molecule has 1 amide bonds. The van der Waals surface area contributed by atoms with Gasteiger partial charge in [-0.25, -0.2) is 0 Å². The number of primary amides is 1. The standard InChI is InChI=1S/C20H23NO2/c1-15(16-8-4-2-5-9-16)20(18-10-6-3-7-11-18)14-17(19(21)22)12-13-23-20/h2-11,15,17H,12-14H2,1H3,(H2,21,22). The molecule has 0 bridgehead atoms. The third-order valence-electron chi connectivity index (χ3n) is 5.04. The fraction of sp³-hybridized carbons (Fsp3) is 0.350. The van der Waals surface area contributed by atoms with Crippen molar-refractivity contribution in [2.24, 2.45) is 11.7 Å². The highest BCUT2D eigenvalue weighted by atomic mass is 16.5. The molecule has 2 aromatic rings. The van der Waals surface area contributed by atoms with E-state index in [1.807, 2.05) is 36.4 Å². The lowest BCUT2D eigenvalue weighted by Gasteiger charge is -2.45. The summed E-state index contributed by atoms with van der Waals surface area (Å²) >= 11 is 0. The van der Waals surface area contributed by atoms with E-state index >= 15 is 0 Å². The summed E-state index contributed by atoms with van der Waals surface area (Å²) in [5.74, 6) is -0.239. The van der Waals surface area contributed by atoms with Crippen LogP contribution in [0.1, 0.15) is 36.8 Å². The topological polar surface area (TPSA) is 52.3 Å². The Morgan fingerprint density at radius 3 is 2.35 bits per heavy atom. The second-order valence-electron chi connectivity index (χ2n) is 6.33. The Labute approximate surface area is 137 Å². The summed E-state index contributed by atoms with van der Waals surface area (Å²) < 4.78 is 6.34. The molecule has 3 unspecified atom stereocenters. The van der Waals surface area contributed by atoms with E-state index in [0.717, 1.165) is 5.56 Å². The predicted octanol–water partition coefficient (Wildman–Crippen LogP) is 3.60. The lowest BCUT2D eigenvalue weighted by atomic mass is 9.71. The Morgan fingerprint density at radius 1 is 1.13 bits per heavy atom. The molecule has 0 aliphatic carbocycles. The van der Waals surface area contributed by atoms with Crippen LogP contribution in [0.25, 0.3) is 0 Å². The minimum atomic E-state index is -0.513. The molecule has 3 rings (SSSR count). The molecule has 1 saturated heterocycles. The van der Waals surface area contributed by atoms with Gasteiger partial charge in [0.15, 0.2) is 0 Å². The van der Waals surface area contributed by atoms with Gasteiger partial charge in [-0.2, -0.15) is 0 Å². The van der Waals surface area contributed by atoms with Crippen molar-refractivity contribution in [2.75, 3.05) is 6.61 Å². The van der Waals surface area contributed by atoms with Crippen molar-refractivity contribution in [1.29, 1.82) is 0 Å². The number of carbonyl (C=O) groups excluding carboxylic acids is 1.